The number of piperidine rings is 1. The van der Waals surface area contributed by atoms with Crippen LogP contribution >= 0.6 is 11.6 Å². The van der Waals surface area contributed by atoms with Crippen molar-refractivity contribution in [3.8, 4) is 0 Å². The van der Waals surface area contributed by atoms with Crippen LogP contribution in [0.4, 0.5) is 0 Å². The van der Waals surface area contributed by atoms with Gasteiger partial charge in [-0.05, 0) is 43.4 Å². The van der Waals surface area contributed by atoms with Crippen LogP contribution in [-0.4, -0.2) is 49.4 Å². The Hall–Kier alpha value is -1.59. The van der Waals surface area contributed by atoms with Crippen LogP contribution in [0.2, 0.25) is 5.02 Å². The standard InChI is InChI=1S/C19H26ClN3O2/c1-21-17(24)13-23-10-6-16(7-11-23)22-18(25)19(8-3-9-19)14-4-2-5-15(20)12-14/h2,4-5,12,16H,3,6-11,13H2,1H3,(H,21,24)(H,22,25). The van der Waals surface area contributed by atoms with Crippen molar-refractivity contribution in [2.75, 3.05) is 26.7 Å². The molecule has 1 aliphatic heterocycles. The van der Waals surface area contributed by atoms with Crippen LogP contribution in [-0.2, 0) is 15.0 Å². The summed E-state index contributed by atoms with van der Waals surface area (Å²) in [5.74, 6) is 0.169. The summed E-state index contributed by atoms with van der Waals surface area (Å²) in [6.07, 6.45) is 4.61. The quantitative estimate of drug-likeness (QED) is 0.842. The van der Waals surface area contributed by atoms with E-state index in [9.17, 15) is 9.59 Å². The number of amides is 2. The summed E-state index contributed by atoms with van der Waals surface area (Å²) in [6.45, 7) is 2.11. The molecular weight excluding hydrogens is 338 g/mol. The summed E-state index contributed by atoms with van der Waals surface area (Å²) in [6, 6.07) is 7.88. The molecule has 1 saturated carbocycles. The predicted octanol–water partition coefficient (Wildman–Crippen LogP) is 2.09. The smallest absolute Gasteiger partial charge is 0.233 e. The number of halogens is 1. The Bertz CT molecular complexity index is 637. The van der Waals surface area contributed by atoms with Crippen molar-refractivity contribution < 1.29 is 9.59 Å². The first-order chi connectivity index (χ1) is 12.0. The summed E-state index contributed by atoms with van der Waals surface area (Å²) in [7, 11) is 1.66. The number of nitrogens with zero attached hydrogens (tertiary/aromatic N) is 1. The maximum atomic E-state index is 13.0. The maximum absolute atomic E-state index is 13.0. The van der Waals surface area contributed by atoms with Gasteiger partial charge in [-0.3, -0.25) is 14.5 Å². The van der Waals surface area contributed by atoms with Gasteiger partial charge in [-0.15, -0.1) is 0 Å². The number of benzene rings is 1. The van der Waals surface area contributed by atoms with E-state index in [1.807, 2.05) is 24.3 Å². The van der Waals surface area contributed by atoms with Gasteiger partial charge in [0.25, 0.3) is 0 Å². The average Bonchev–Trinajstić information content (AvgIpc) is 2.55. The first-order valence-corrected chi connectivity index (χ1v) is 9.41. The van der Waals surface area contributed by atoms with Crippen LogP contribution in [0.5, 0.6) is 0 Å². The molecule has 0 bridgehead atoms. The second-order valence-electron chi connectivity index (χ2n) is 7.14. The van der Waals surface area contributed by atoms with E-state index >= 15 is 0 Å². The largest absolute Gasteiger partial charge is 0.358 e. The first-order valence-electron chi connectivity index (χ1n) is 9.03. The highest BCUT2D eigenvalue weighted by atomic mass is 35.5. The molecule has 1 aromatic carbocycles. The van der Waals surface area contributed by atoms with Crippen LogP contribution in [0, 0.1) is 0 Å². The third-order valence-corrected chi connectivity index (χ3v) is 5.82. The molecule has 0 unspecified atom stereocenters. The fourth-order valence-electron chi connectivity index (χ4n) is 3.80. The number of hydrogen-bond donors (Lipinski definition) is 2. The van der Waals surface area contributed by atoms with E-state index in [0.29, 0.717) is 11.6 Å². The van der Waals surface area contributed by atoms with Crippen molar-refractivity contribution in [3.05, 3.63) is 34.9 Å². The van der Waals surface area contributed by atoms with Gasteiger partial charge in [0.15, 0.2) is 0 Å². The maximum Gasteiger partial charge on any atom is 0.233 e. The lowest BCUT2D eigenvalue weighted by molar-refractivity contribution is -0.131. The molecule has 6 heteroatoms. The van der Waals surface area contributed by atoms with Gasteiger partial charge in [-0.1, -0.05) is 30.2 Å². The highest BCUT2D eigenvalue weighted by molar-refractivity contribution is 6.30. The average molecular weight is 364 g/mol. The Kier molecular flexibility index (Phi) is 5.64. The number of likely N-dealkylation sites (N-methyl/N-ethyl adjacent to an activating group) is 1. The van der Waals surface area contributed by atoms with Gasteiger partial charge in [-0.2, -0.15) is 0 Å². The van der Waals surface area contributed by atoms with Gasteiger partial charge < -0.3 is 10.6 Å². The molecule has 2 aliphatic rings. The van der Waals surface area contributed by atoms with Crippen molar-refractivity contribution in [1.29, 1.82) is 0 Å². The van der Waals surface area contributed by atoms with Gasteiger partial charge in [0.1, 0.15) is 0 Å². The van der Waals surface area contributed by atoms with E-state index < -0.39 is 5.41 Å². The molecule has 2 amide bonds. The van der Waals surface area contributed by atoms with Crippen molar-refractivity contribution in [2.24, 2.45) is 0 Å². The molecule has 2 N–H and O–H groups in total. The van der Waals surface area contributed by atoms with Crippen LogP contribution in [0.15, 0.2) is 24.3 Å². The molecule has 3 rings (SSSR count). The highest BCUT2D eigenvalue weighted by Gasteiger charge is 2.46. The molecule has 25 heavy (non-hydrogen) atoms. The lowest BCUT2D eigenvalue weighted by Gasteiger charge is -2.42. The van der Waals surface area contributed by atoms with Crippen molar-refractivity contribution in [3.63, 3.8) is 0 Å². The molecule has 0 atom stereocenters. The Morgan fingerprint density at radius 1 is 1.28 bits per heavy atom. The first kappa shape index (κ1) is 18.2. The minimum atomic E-state index is -0.413. The van der Waals surface area contributed by atoms with Crippen molar-refractivity contribution in [1.82, 2.24) is 15.5 Å². The molecule has 136 valence electrons. The summed E-state index contributed by atoms with van der Waals surface area (Å²) in [4.78, 5) is 26.6. The van der Waals surface area contributed by atoms with Crippen LogP contribution in [0.1, 0.15) is 37.7 Å². The van der Waals surface area contributed by atoms with Gasteiger partial charge in [0, 0.05) is 31.2 Å². The molecule has 1 aromatic rings. The number of rotatable bonds is 5. The SMILES string of the molecule is CNC(=O)CN1CCC(NC(=O)C2(c3cccc(Cl)c3)CCC2)CC1. The van der Waals surface area contributed by atoms with E-state index in [1.165, 1.54) is 0 Å². The molecule has 1 saturated heterocycles. The zero-order valence-electron chi connectivity index (χ0n) is 14.7. The predicted molar refractivity (Wildman–Crippen MR) is 98.7 cm³/mol. The molecule has 5 nitrogen and oxygen atoms in total. The minimum Gasteiger partial charge on any atom is -0.358 e. The number of likely N-dealkylation sites (tertiary alicyclic amines) is 1. The number of carbonyl (C=O) groups is 2. The Morgan fingerprint density at radius 3 is 2.56 bits per heavy atom. The number of hydrogen-bond acceptors (Lipinski definition) is 3. The van der Waals surface area contributed by atoms with Gasteiger partial charge in [0.2, 0.25) is 11.8 Å². The second kappa shape index (κ2) is 7.75. The van der Waals surface area contributed by atoms with Gasteiger partial charge >= 0.3 is 0 Å². The Morgan fingerprint density at radius 2 is 2.00 bits per heavy atom. The van der Waals surface area contributed by atoms with Crippen molar-refractivity contribution >= 4 is 23.4 Å². The Balaban J connectivity index is 1.58. The van der Waals surface area contributed by atoms with E-state index in [0.717, 1.165) is 50.8 Å². The molecule has 1 heterocycles. The van der Waals surface area contributed by atoms with E-state index in [-0.39, 0.29) is 17.9 Å². The minimum absolute atomic E-state index is 0.0388. The van der Waals surface area contributed by atoms with Crippen LogP contribution in [0.25, 0.3) is 0 Å². The number of carbonyl (C=O) groups excluding carboxylic acids is 2. The lowest BCUT2D eigenvalue weighted by atomic mass is 9.63. The summed E-state index contributed by atoms with van der Waals surface area (Å²) >= 11 is 6.13. The van der Waals surface area contributed by atoms with Gasteiger partial charge in [-0.25, -0.2) is 0 Å². The summed E-state index contributed by atoms with van der Waals surface area (Å²) in [5.41, 5.74) is 0.616. The lowest BCUT2D eigenvalue weighted by Crippen LogP contribution is -2.54. The molecule has 0 aromatic heterocycles. The topological polar surface area (TPSA) is 61.4 Å². The zero-order chi connectivity index (χ0) is 17.9. The molecule has 1 aliphatic carbocycles. The number of nitrogens with one attached hydrogen (secondary N) is 2. The summed E-state index contributed by atoms with van der Waals surface area (Å²) < 4.78 is 0. The van der Waals surface area contributed by atoms with Crippen LogP contribution in [0.3, 0.4) is 0 Å². The van der Waals surface area contributed by atoms with E-state index in [1.54, 1.807) is 7.05 Å². The fraction of sp³-hybridized carbons (Fsp3) is 0.579. The fourth-order valence-corrected chi connectivity index (χ4v) is 3.99. The van der Waals surface area contributed by atoms with E-state index in [2.05, 4.69) is 15.5 Å². The zero-order valence-corrected chi connectivity index (χ0v) is 15.4. The highest BCUT2D eigenvalue weighted by Crippen LogP contribution is 2.44. The monoisotopic (exact) mass is 363 g/mol. The third-order valence-electron chi connectivity index (χ3n) is 5.59. The molecular formula is C19H26ClN3O2. The summed E-state index contributed by atoms with van der Waals surface area (Å²) in [5, 5.41) is 6.59. The van der Waals surface area contributed by atoms with E-state index in [4.69, 9.17) is 11.6 Å². The molecule has 0 radical (unpaired) electrons. The van der Waals surface area contributed by atoms with Crippen LogP contribution < -0.4 is 10.6 Å². The molecule has 0 spiro atoms. The molecule has 2 fully saturated rings. The van der Waals surface area contributed by atoms with Crippen molar-refractivity contribution in [2.45, 2.75) is 43.6 Å². The Labute approximate surface area is 154 Å². The van der Waals surface area contributed by atoms with Gasteiger partial charge in [0.05, 0.1) is 12.0 Å². The second-order valence-corrected chi connectivity index (χ2v) is 7.58. The normalized spacial score (nSPS) is 20.6. The third kappa shape index (κ3) is 3.98.